The average molecular weight is 578 g/mol. The molecule has 7 heteroatoms. The SMILES string of the molecule is COc1c(O)cc2c(c1OC)-c1cc[c]([Po][CH3])c(=O)cc1C(NC(C)=O)CC2. The van der Waals surface area contributed by atoms with Gasteiger partial charge in [0, 0.05) is 0 Å². The van der Waals surface area contributed by atoms with Gasteiger partial charge in [0.2, 0.25) is 0 Å². The molecule has 2 N–H and O–H groups in total. The van der Waals surface area contributed by atoms with Crippen LogP contribution >= 0.6 is 0 Å². The predicted molar refractivity (Wildman–Crippen MR) is 109 cm³/mol. The number of ether oxygens (including phenoxy) is 2. The molecular formula is C21H23NO5Po. The molecule has 148 valence electrons. The van der Waals surface area contributed by atoms with Crippen LogP contribution in [-0.4, -0.2) is 48.8 Å². The van der Waals surface area contributed by atoms with E-state index >= 15 is 0 Å². The molecule has 28 heavy (non-hydrogen) atoms. The number of aryl methyl sites for hydroxylation is 1. The Kier molecular flexibility index (Phi) is 6.25. The molecule has 0 heterocycles. The molecule has 3 rings (SSSR count). The number of aromatic hydroxyl groups is 1. The van der Waals surface area contributed by atoms with E-state index < -0.39 is 23.6 Å². The number of carbonyl (C=O) groups is 1. The molecule has 0 saturated heterocycles. The Hall–Kier alpha value is -2.12. The second kappa shape index (κ2) is 8.49. The molecule has 1 amide bonds. The number of hydrogen-bond donors (Lipinski definition) is 2. The van der Waals surface area contributed by atoms with Crippen molar-refractivity contribution in [3.05, 3.63) is 45.6 Å². The van der Waals surface area contributed by atoms with Crippen LogP contribution in [0.1, 0.15) is 30.5 Å². The summed E-state index contributed by atoms with van der Waals surface area (Å²) in [5, 5.41) is 13.4. The molecule has 0 aromatic heterocycles. The summed E-state index contributed by atoms with van der Waals surface area (Å²) < 4.78 is 14.0. The van der Waals surface area contributed by atoms with Crippen molar-refractivity contribution < 1.29 is 19.4 Å². The fourth-order valence-electron chi connectivity index (χ4n) is 3.73. The minimum atomic E-state index is -0.913. The third-order valence-electron chi connectivity index (χ3n) is 4.89. The monoisotopic (exact) mass is 578 g/mol. The van der Waals surface area contributed by atoms with Gasteiger partial charge >= 0.3 is 176 Å². The molecule has 0 bridgehead atoms. The third kappa shape index (κ3) is 3.73. The molecule has 2 aromatic carbocycles. The van der Waals surface area contributed by atoms with Gasteiger partial charge in [-0.1, -0.05) is 0 Å². The van der Waals surface area contributed by atoms with Crippen LogP contribution in [0.2, 0.25) is 4.58 Å². The summed E-state index contributed by atoms with van der Waals surface area (Å²) >= 11 is -0.913. The molecular weight excluding hydrogens is 555 g/mol. The first kappa shape index (κ1) is 20.6. The van der Waals surface area contributed by atoms with Gasteiger partial charge in [-0.3, -0.25) is 0 Å². The van der Waals surface area contributed by atoms with Crippen LogP contribution in [0, 0.1) is 0 Å². The van der Waals surface area contributed by atoms with Crippen LogP contribution in [-0.2, 0) is 11.2 Å². The van der Waals surface area contributed by atoms with Gasteiger partial charge in [0.1, 0.15) is 0 Å². The van der Waals surface area contributed by atoms with Crippen molar-refractivity contribution in [1.82, 2.24) is 5.32 Å². The number of rotatable bonds is 4. The number of phenols is 1. The van der Waals surface area contributed by atoms with Crippen LogP contribution in [0.4, 0.5) is 0 Å². The summed E-state index contributed by atoms with van der Waals surface area (Å²) in [5.74, 6) is 0.537. The van der Waals surface area contributed by atoms with Crippen LogP contribution in [0.25, 0.3) is 11.1 Å². The normalized spacial score (nSPS) is 15.1. The van der Waals surface area contributed by atoms with E-state index in [1.54, 1.807) is 12.1 Å². The number of methoxy groups -OCH3 is 2. The first-order valence-electron chi connectivity index (χ1n) is 8.87. The van der Waals surface area contributed by atoms with Crippen molar-refractivity contribution in [3.8, 4) is 28.4 Å². The van der Waals surface area contributed by atoms with E-state index in [-0.39, 0.29) is 28.9 Å². The molecule has 2 aromatic rings. The van der Waals surface area contributed by atoms with Gasteiger partial charge < -0.3 is 0 Å². The Morgan fingerprint density at radius 3 is 2.54 bits per heavy atom. The van der Waals surface area contributed by atoms with Gasteiger partial charge in [0.25, 0.3) is 0 Å². The molecule has 1 unspecified atom stereocenters. The van der Waals surface area contributed by atoms with Crippen LogP contribution in [0.5, 0.6) is 17.2 Å². The van der Waals surface area contributed by atoms with E-state index in [1.165, 1.54) is 21.1 Å². The van der Waals surface area contributed by atoms with E-state index in [2.05, 4.69) is 9.90 Å². The van der Waals surface area contributed by atoms with Gasteiger partial charge in [-0.2, -0.15) is 0 Å². The number of benzene rings is 1. The number of hydrogen-bond acceptors (Lipinski definition) is 5. The quantitative estimate of drug-likeness (QED) is 0.580. The molecule has 0 radical (unpaired) electrons. The third-order valence-corrected chi connectivity index (χ3v) is 7.91. The zero-order valence-corrected chi connectivity index (χ0v) is 19.5. The molecule has 0 saturated carbocycles. The van der Waals surface area contributed by atoms with Gasteiger partial charge in [-0.05, 0) is 0 Å². The topological polar surface area (TPSA) is 84.9 Å². The van der Waals surface area contributed by atoms with E-state index in [0.29, 0.717) is 18.6 Å². The summed E-state index contributed by atoms with van der Waals surface area (Å²) in [6.45, 7) is 1.47. The van der Waals surface area contributed by atoms with Gasteiger partial charge in [0.15, 0.2) is 0 Å². The van der Waals surface area contributed by atoms with Gasteiger partial charge in [0.05, 0.1) is 0 Å². The predicted octanol–water partition coefficient (Wildman–Crippen LogP) is 1.94. The summed E-state index contributed by atoms with van der Waals surface area (Å²) in [6, 6.07) is 6.87. The minimum absolute atomic E-state index is 0.00517. The van der Waals surface area contributed by atoms with Gasteiger partial charge in [-0.15, -0.1) is 0 Å². The van der Waals surface area contributed by atoms with Crippen molar-refractivity contribution in [2.24, 2.45) is 0 Å². The number of phenolic OH excluding ortho intramolecular Hbond substituents is 1. The van der Waals surface area contributed by atoms with E-state index in [1.807, 2.05) is 12.1 Å². The molecule has 1 aliphatic rings. The van der Waals surface area contributed by atoms with Crippen molar-refractivity contribution in [1.29, 1.82) is 0 Å². The number of amides is 1. The first-order valence-corrected chi connectivity index (χ1v) is 13.6. The van der Waals surface area contributed by atoms with Crippen molar-refractivity contribution >= 4 is 32.7 Å². The Labute approximate surface area is 175 Å². The summed E-state index contributed by atoms with van der Waals surface area (Å²) in [5.41, 5.74) is 3.28. The first-order chi connectivity index (χ1) is 13.4. The Morgan fingerprint density at radius 2 is 1.93 bits per heavy atom. The molecule has 1 aliphatic carbocycles. The van der Waals surface area contributed by atoms with E-state index in [9.17, 15) is 14.7 Å². The van der Waals surface area contributed by atoms with Crippen molar-refractivity contribution in [2.45, 2.75) is 30.4 Å². The number of carbonyl (C=O) groups excluding carboxylic acids is 1. The van der Waals surface area contributed by atoms with Crippen LogP contribution in [0.3, 0.4) is 0 Å². The van der Waals surface area contributed by atoms with Gasteiger partial charge in [-0.25, -0.2) is 0 Å². The zero-order chi connectivity index (χ0) is 20.4. The zero-order valence-electron chi connectivity index (χ0n) is 16.3. The number of nitrogens with one attached hydrogen (secondary N) is 1. The van der Waals surface area contributed by atoms with E-state index in [0.717, 1.165) is 25.5 Å². The second-order valence-corrected chi connectivity index (χ2v) is 9.86. The fourth-order valence-corrected chi connectivity index (χ4v) is 5.53. The molecule has 1 atom stereocenters. The number of fused-ring (bicyclic) bond motifs is 3. The summed E-state index contributed by atoms with van der Waals surface area (Å²) in [4.78, 5) is 24.5. The average Bonchev–Trinajstić information content (AvgIpc) is 2.89. The van der Waals surface area contributed by atoms with Crippen LogP contribution < -0.4 is 23.4 Å². The molecule has 0 spiro atoms. The summed E-state index contributed by atoms with van der Waals surface area (Å²) in [6.07, 6.45) is 1.22. The fraction of sp³-hybridized carbons (Fsp3) is 0.333. The van der Waals surface area contributed by atoms with Crippen molar-refractivity contribution in [3.63, 3.8) is 0 Å². The second-order valence-electron chi connectivity index (χ2n) is 6.57. The Morgan fingerprint density at radius 1 is 1.21 bits per heavy atom. The Balaban J connectivity index is 2.41. The molecule has 6 nitrogen and oxygen atoms in total. The van der Waals surface area contributed by atoms with Crippen LogP contribution in [0.15, 0.2) is 29.1 Å². The molecule has 0 aliphatic heterocycles. The van der Waals surface area contributed by atoms with Crippen molar-refractivity contribution in [2.75, 3.05) is 14.2 Å². The van der Waals surface area contributed by atoms with E-state index in [4.69, 9.17) is 9.47 Å². The molecule has 0 fully saturated rings. The Bertz CT molecular complexity index is 989. The standard InChI is InChI=1S/C20H20NO5.CH3.Po/c1-11(22)21-16-8-7-12-9-17(24)19(25-2)20(26-3)18(12)14-6-4-5-13(23)10-15(14)16;;/h4,6,9-10,16,24H,7-8H2,1-3H3,(H,21,22);1H3;. The summed E-state index contributed by atoms with van der Waals surface area (Å²) in [7, 11) is 3.01. The maximum absolute atomic E-state index is 12.7. The maximum atomic E-state index is 12.7.